The molecule has 3 amide bonds. The lowest BCUT2D eigenvalue weighted by Gasteiger charge is -2.40. The van der Waals surface area contributed by atoms with Crippen LogP contribution < -0.4 is 0 Å². The van der Waals surface area contributed by atoms with E-state index in [1.165, 1.54) is 11.3 Å². The zero-order valence-corrected chi connectivity index (χ0v) is 17.5. The molecule has 0 aromatic heterocycles. The first kappa shape index (κ1) is 21.3. The Labute approximate surface area is 173 Å². The summed E-state index contributed by atoms with van der Waals surface area (Å²) in [5.41, 5.74) is 0.780. The van der Waals surface area contributed by atoms with Gasteiger partial charge in [0, 0.05) is 32.7 Å². The van der Waals surface area contributed by atoms with Gasteiger partial charge in [0.15, 0.2) is 0 Å². The van der Waals surface area contributed by atoms with Crippen molar-refractivity contribution in [2.75, 3.05) is 32.7 Å². The minimum atomic E-state index is -0.722. The van der Waals surface area contributed by atoms with E-state index in [0.29, 0.717) is 19.6 Å². The molecular weight excluding hydrogens is 366 g/mol. The highest BCUT2D eigenvalue weighted by molar-refractivity contribution is 6.35. The topological polar surface area (TPSA) is 60.9 Å². The molecule has 0 spiro atoms. The van der Waals surface area contributed by atoms with Crippen molar-refractivity contribution >= 4 is 17.7 Å². The monoisotopic (exact) mass is 399 g/mol. The SMILES string of the molecule is CCCCN1CCN([C@@H](C(=O)N2CCCCCCC2)c2ccccc2)C(=O)C1=O. The van der Waals surface area contributed by atoms with Gasteiger partial charge in [-0.2, -0.15) is 0 Å². The smallest absolute Gasteiger partial charge is 0.313 e. The van der Waals surface area contributed by atoms with Crippen LogP contribution in [-0.4, -0.2) is 65.1 Å². The number of hydrogen-bond acceptors (Lipinski definition) is 3. The Bertz CT molecular complexity index is 699. The molecule has 0 saturated carbocycles. The zero-order valence-electron chi connectivity index (χ0n) is 17.5. The van der Waals surface area contributed by atoms with Gasteiger partial charge in [-0.05, 0) is 24.8 Å². The molecule has 1 aromatic rings. The van der Waals surface area contributed by atoms with E-state index in [1.807, 2.05) is 35.2 Å². The van der Waals surface area contributed by atoms with Gasteiger partial charge in [0.1, 0.15) is 6.04 Å². The van der Waals surface area contributed by atoms with Crippen molar-refractivity contribution in [3.8, 4) is 0 Å². The van der Waals surface area contributed by atoms with Crippen molar-refractivity contribution in [1.82, 2.24) is 14.7 Å². The predicted octanol–water partition coefficient (Wildman–Crippen LogP) is 2.99. The van der Waals surface area contributed by atoms with Crippen LogP contribution in [0.2, 0.25) is 0 Å². The summed E-state index contributed by atoms with van der Waals surface area (Å²) in [7, 11) is 0. The predicted molar refractivity (Wildman–Crippen MR) is 112 cm³/mol. The number of unbranched alkanes of at least 4 members (excludes halogenated alkanes) is 1. The largest absolute Gasteiger partial charge is 0.341 e. The van der Waals surface area contributed by atoms with Crippen molar-refractivity contribution in [3.05, 3.63) is 35.9 Å². The maximum absolute atomic E-state index is 13.6. The summed E-state index contributed by atoms with van der Waals surface area (Å²) in [5.74, 6) is -1.09. The maximum atomic E-state index is 13.6. The van der Waals surface area contributed by atoms with Crippen LogP contribution in [-0.2, 0) is 14.4 Å². The Balaban J connectivity index is 1.83. The quantitative estimate of drug-likeness (QED) is 0.691. The molecule has 3 rings (SSSR count). The highest BCUT2D eigenvalue weighted by Gasteiger charge is 2.41. The Kier molecular flexibility index (Phi) is 7.67. The second-order valence-corrected chi connectivity index (χ2v) is 8.05. The van der Waals surface area contributed by atoms with Gasteiger partial charge < -0.3 is 14.7 Å². The number of likely N-dealkylation sites (tertiary alicyclic amines) is 1. The number of piperazine rings is 1. The molecule has 2 aliphatic heterocycles. The van der Waals surface area contributed by atoms with E-state index in [-0.39, 0.29) is 5.91 Å². The number of hydrogen-bond donors (Lipinski definition) is 0. The lowest BCUT2D eigenvalue weighted by Crippen LogP contribution is -2.57. The van der Waals surface area contributed by atoms with Crippen LogP contribution in [0.25, 0.3) is 0 Å². The van der Waals surface area contributed by atoms with Crippen molar-refractivity contribution in [2.24, 2.45) is 0 Å². The Morgan fingerprint density at radius 3 is 2.21 bits per heavy atom. The summed E-state index contributed by atoms with van der Waals surface area (Å²) >= 11 is 0. The molecule has 2 heterocycles. The third-order valence-electron chi connectivity index (χ3n) is 5.95. The van der Waals surface area contributed by atoms with Crippen molar-refractivity contribution in [1.29, 1.82) is 0 Å². The van der Waals surface area contributed by atoms with Crippen LogP contribution >= 0.6 is 0 Å². The van der Waals surface area contributed by atoms with E-state index in [9.17, 15) is 14.4 Å². The highest BCUT2D eigenvalue weighted by Crippen LogP contribution is 2.27. The van der Waals surface area contributed by atoms with Gasteiger partial charge in [0.2, 0.25) is 5.91 Å². The number of carbonyl (C=O) groups excluding carboxylic acids is 3. The Hall–Kier alpha value is -2.37. The molecule has 0 unspecified atom stereocenters. The van der Waals surface area contributed by atoms with E-state index in [4.69, 9.17) is 0 Å². The first-order valence-electron chi connectivity index (χ1n) is 11.1. The standard InChI is InChI=1S/C23H33N3O3/c1-2-3-14-25-17-18-26(23(29)22(25)28)20(19-12-8-7-9-13-19)21(27)24-15-10-5-4-6-11-16-24/h7-9,12-13,20H,2-6,10-11,14-18H2,1H3/t20-/m1/s1. The second-order valence-electron chi connectivity index (χ2n) is 8.05. The molecule has 0 aliphatic carbocycles. The molecule has 6 heteroatoms. The van der Waals surface area contributed by atoms with Crippen molar-refractivity contribution in [3.63, 3.8) is 0 Å². The molecule has 0 radical (unpaired) electrons. The third-order valence-corrected chi connectivity index (χ3v) is 5.95. The van der Waals surface area contributed by atoms with Crippen LogP contribution in [0.5, 0.6) is 0 Å². The van der Waals surface area contributed by atoms with Crippen LogP contribution in [0.1, 0.15) is 63.5 Å². The summed E-state index contributed by atoms with van der Waals surface area (Å²) < 4.78 is 0. The fourth-order valence-electron chi connectivity index (χ4n) is 4.23. The molecule has 29 heavy (non-hydrogen) atoms. The molecule has 6 nitrogen and oxygen atoms in total. The molecule has 2 fully saturated rings. The van der Waals surface area contributed by atoms with Gasteiger partial charge in [-0.1, -0.05) is 62.9 Å². The van der Waals surface area contributed by atoms with Gasteiger partial charge in [0.25, 0.3) is 0 Å². The number of benzene rings is 1. The third kappa shape index (κ3) is 5.17. The van der Waals surface area contributed by atoms with Crippen LogP contribution in [0.3, 0.4) is 0 Å². The fourth-order valence-corrected chi connectivity index (χ4v) is 4.23. The van der Waals surface area contributed by atoms with E-state index < -0.39 is 17.9 Å². The molecule has 0 bridgehead atoms. The van der Waals surface area contributed by atoms with Gasteiger partial charge in [0.05, 0.1) is 0 Å². The van der Waals surface area contributed by atoms with E-state index in [0.717, 1.165) is 57.2 Å². The van der Waals surface area contributed by atoms with Crippen LogP contribution in [0, 0.1) is 0 Å². The average molecular weight is 400 g/mol. The first-order chi connectivity index (χ1) is 14.1. The fraction of sp³-hybridized carbons (Fsp3) is 0.609. The van der Waals surface area contributed by atoms with E-state index in [2.05, 4.69) is 6.92 Å². The van der Waals surface area contributed by atoms with Gasteiger partial charge in [-0.25, -0.2) is 0 Å². The minimum absolute atomic E-state index is 0.0544. The summed E-state index contributed by atoms with van der Waals surface area (Å²) in [6.45, 7) is 5.00. The molecule has 2 aliphatic rings. The molecule has 158 valence electrons. The van der Waals surface area contributed by atoms with Crippen molar-refractivity contribution < 1.29 is 14.4 Å². The summed E-state index contributed by atoms with van der Waals surface area (Å²) in [4.78, 5) is 44.3. The molecule has 1 aromatic carbocycles. The van der Waals surface area contributed by atoms with E-state index in [1.54, 1.807) is 4.90 Å². The molecule has 0 N–H and O–H groups in total. The Morgan fingerprint density at radius 1 is 0.897 bits per heavy atom. The lowest BCUT2D eigenvalue weighted by atomic mass is 10.0. The molecule has 1 atom stereocenters. The van der Waals surface area contributed by atoms with Gasteiger partial charge in [-0.3, -0.25) is 14.4 Å². The molecule has 2 saturated heterocycles. The summed E-state index contributed by atoms with van der Waals surface area (Å²) in [5, 5.41) is 0. The Morgan fingerprint density at radius 2 is 1.55 bits per heavy atom. The number of amides is 3. The summed E-state index contributed by atoms with van der Waals surface area (Å²) in [6.07, 6.45) is 7.32. The van der Waals surface area contributed by atoms with Crippen LogP contribution in [0.15, 0.2) is 30.3 Å². The number of carbonyl (C=O) groups is 3. The number of nitrogens with zero attached hydrogens (tertiary/aromatic N) is 3. The average Bonchev–Trinajstić information content (AvgIpc) is 2.71. The first-order valence-corrected chi connectivity index (χ1v) is 11.1. The maximum Gasteiger partial charge on any atom is 0.313 e. The van der Waals surface area contributed by atoms with Gasteiger partial charge >= 0.3 is 11.8 Å². The van der Waals surface area contributed by atoms with Crippen LogP contribution in [0.4, 0.5) is 0 Å². The molecular formula is C23H33N3O3. The second kappa shape index (κ2) is 10.4. The van der Waals surface area contributed by atoms with Gasteiger partial charge in [-0.15, -0.1) is 0 Å². The highest BCUT2D eigenvalue weighted by atomic mass is 16.2. The minimum Gasteiger partial charge on any atom is -0.341 e. The van der Waals surface area contributed by atoms with E-state index >= 15 is 0 Å². The lowest BCUT2D eigenvalue weighted by molar-refractivity contribution is -0.161. The zero-order chi connectivity index (χ0) is 20.6. The number of rotatable bonds is 6. The summed E-state index contributed by atoms with van der Waals surface area (Å²) in [6, 6.07) is 8.71. The van der Waals surface area contributed by atoms with Crippen molar-refractivity contribution in [2.45, 2.75) is 57.9 Å². The normalized spacial score (nSPS) is 19.7.